The van der Waals surface area contributed by atoms with E-state index >= 15 is 0 Å². The maximum atomic E-state index is 4.50. The molecular weight excluding hydrogens is 320 g/mol. The van der Waals surface area contributed by atoms with E-state index in [2.05, 4.69) is 64.5 Å². The van der Waals surface area contributed by atoms with E-state index in [0.717, 1.165) is 23.1 Å². The van der Waals surface area contributed by atoms with E-state index in [4.69, 9.17) is 0 Å². The Hall–Kier alpha value is -0.580. The third-order valence-corrected chi connectivity index (χ3v) is 5.16. The molecule has 1 N–H and O–H groups in total. The SMILES string of the molecule is CSC(C)(C)CNCc1ccc(Br)c2cccnc12. The fraction of sp³-hybridized carbons (Fsp3) is 0.400. The molecule has 0 aliphatic heterocycles. The molecule has 1 aromatic carbocycles. The van der Waals surface area contributed by atoms with Gasteiger partial charge in [0.2, 0.25) is 0 Å². The Morgan fingerprint density at radius 3 is 2.84 bits per heavy atom. The molecule has 0 fully saturated rings. The molecule has 1 heterocycles. The first-order valence-corrected chi connectivity index (χ1v) is 8.33. The van der Waals surface area contributed by atoms with Crippen LogP contribution in [-0.2, 0) is 6.54 Å². The van der Waals surface area contributed by atoms with E-state index in [1.165, 1.54) is 10.9 Å². The van der Waals surface area contributed by atoms with Gasteiger partial charge in [0.25, 0.3) is 0 Å². The summed E-state index contributed by atoms with van der Waals surface area (Å²) in [4.78, 5) is 4.50. The molecule has 0 spiro atoms. The third kappa shape index (κ3) is 3.71. The number of nitrogens with zero attached hydrogens (tertiary/aromatic N) is 1. The first kappa shape index (κ1) is 14.8. The summed E-state index contributed by atoms with van der Waals surface area (Å²) in [6.45, 7) is 6.34. The summed E-state index contributed by atoms with van der Waals surface area (Å²) in [5.74, 6) is 0. The summed E-state index contributed by atoms with van der Waals surface area (Å²) in [7, 11) is 0. The van der Waals surface area contributed by atoms with Gasteiger partial charge in [-0.3, -0.25) is 4.98 Å². The average molecular weight is 339 g/mol. The minimum absolute atomic E-state index is 0.262. The molecule has 0 atom stereocenters. The highest BCUT2D eigenvalue weighted by Crippen LogP contribution is 2.25. The number of aromatic nitrogens is 1. The Balaban J connectivity index is 2.16. The average Bonchev–Trinajstić information content (AvgIpc) is 2.42. The molecule has 2 nitrogen and oxygen atoms in total. The number of fused-ring (bicyclic) bond motifs is 1. The van der Waals surface area contributed by atoms with Crippen molar-refractivity contribution in [2.75, 3.05) is 12.8 Å². The van der Waals surface area contributed by atoms with Gasteiger partial charge < -0.3 is 5.32 Å². The number of hydrogen-bond acceptors (Lipinski definition) is 3. The van der Waals surface area contributed by atoms with Crippen LogP contribution in [0.25, 0.3) is 10.9 Å². The van der Waals surface area contributed by atoms with Crippen molar-refractivity contribution in [2.45, 2.75) is 25.1 Å². The third-order valence-electron chi connectivity index (χ3n) is 3.22. The van der Waals surface area contributed by atoms with E-state index in [-0.39, 0.29) is 4.75 Å². The number of nitrogens with one attached hydrogen (secondary N) is 1. The topological polar surface area (TPSA) is 24.9 Å². The largest absolute Gasteiger partial charge is 0.311 e. The number of pyridine rings is 1. The van der Waals surface area contributed by atoms with Crippen LogP contribution >= 0.6 is 27.7 Å². The second-order valence-electron chi connectivity index (χ2n) is 5.17. The molecule has 2 aromatic rings. The summed E-state index contributed by atoms with van der Waals surface area (Å²) in [5, 5.41) is 4.70. The number of hydrogen-bond donors (Lipinski definition) is 1. The molecule has 0 amide bonds. The van der Waals surface area contributed by atoms with Gasteiger partial charge in [-0.25, -0.2) is 0 Å². The van der Waals surface area contributed by atoms with Crippen LogP contribution < -0.4 is 5.32 Å². The van der Waals surface area contributed by atoms with Gasteiger partial charge in [-0.2, -0.15) is 11.8 Å². The lowest BCUT2D eigenvalue weighted by Gasteiger charge is -2.22. The van der Waals surface area contributed by atoms with E-state index in [1.54, 1.807) is 0 Å². The zero-order valence-corrected chi connectivity index (χ0v) is 13.9. The number of benzene rings is 1. The molecule has 102 valence electrons. The van der Waals surface area contributed by atoms with Crippen LogP contribution in [-0.4, -0.2) is 22.5 Å². The van der Waals surface area contributed by atoms with Crippen molar-refractivity contribution in [3.63, 3.8) is 0 Å². The van der Waals surface area contributed by atoms with Crippen LogP contribution in [0.15, 0.2) is 34.9 Å². The maximum absolute atomic E-state index is 4.50. The van der Waals surface area contributed by atoms with Gasteiger partial charge in [-0.1, -0.05) is 28.1 Å². The molecule has 1 aromatic heterocycles. The predicted octanol–water partition coefficient (Wildman–Crippen LogP) is 4.23. The van der Waals surface area contributed by atoms with E-state index in [1.807, 2.05) is 24.0 Å². The first-order chi connectivity index (χ1) is 9.03. The standard InChI is InChI=1S/C15H19BrN2S/c1-15(2,19-3)10-17-9-11-6-7-13(16)12-5-4-8-18-14(11)12/h4-8,17H,9-10H2,1-3H3. The van der Waals surface area contributed by atoms with Crippen molar-refractivity contribution >= 4 is 38.6 Å². The Morgan fingerprint density at radius 1 is 1.32 bits per heavy atom. The lowest BCUT2D eigenvalue weighted by atomic mass is 10.1. The highest BCUT2D eigenvalue weighted by Gasteiger charge is 2.15. The van der Waals surface area contributed by atoms with E-state index in [0.29, 0.717) is 0 Å². The lowest BCUT2D eigenvalue weighted by Crippen LogP contribution is -2.31. The van der Waals surface area contributed by atoms with Crippen LogP contribution in [0.1, 0.15) is 19.4 Å². The Kier molecular flexibility index (Phi) is 4.87. The first-order valence-electron chi connectivity index (χ1n) is 6.31. The van der Waals surface area contributed by atoms with Crippen LogP contribution in [0.2, 0.25) is 0 Å². The van der Waals surface area contributed by atoms with Crippen LogP contribution in [0, 0.1) is 0 Å². The highest BCUT2D eigenvalue weighted by molar-refractivity contribution is 9.10. The van der Waals surface area contributed by atoms with Gasteiger partial charge in [0.05, 0.1) is 5.52 Å². The quantitative estimate of drug-likeness (QED) is 0.882. The minimum atomic E-state index is 0.262. The van der Waals surface area contributed by atoms with E-state index < -0.39 is 0 Å². The van der Waals surface area contributed by atoms with Crippen molar-refractivity contribution in [1.82, 2.24) is 10.3 Å². The fourth-order valence-electron chi connectivity index (χ4n) is 1.91. The second kappa shape index (κ2) is 6.25. The highest BCUT2D eigenvalue weighted by atomic mass is 79.9. The summed E-state index contributed by atoms with van der Waals surface area (Å²) in [5.41, 5.74) is 2.32. The zero-order chi connectivity index (χ0) is 13.9. The van der Waals surface area contributed by atoms with Crippen LogP contribution in [0.5, 0.6) is 0 Å². The summed E-state index contributed by atoms with van der Waals surface area (Å²) >= 11 is 5.46. The van der Waals surface area contributed by atoms with Crippen LogP contribution in [0.4, 0.5) is 0 Å². The summed E-state index contributed by atoms with van der Waals surface area (Å²) in [6, 6.07) is 8.31. The Labute approximate surface area is 127 Å². The van der Waals surface area contributed by atoms with Gasteiger partial charge >= 0.3 is 0 Å². The summed E-state index contributed by atoms with van der Waals surface area (Å²) in [6.07, 6.45) is 4.00. The van der Waals surface area contributed by atoms with Gasteiger partial charge in [-0.15, -0.1) is 0 Å². The Morgan fingerprint density at radius 2 is 2.11 bits per heavy atom. The molecule has 0 saturated carbocycles. The summed E-state index contributed by atoms with van der Waals surface area (Å²) < 4.78 is 1.36. The van der Waals surface area contributed by atoms with Crippen LogP contribution in [0.3, 0.4) is 0 Å². The molecule has 0 radical (unpaired) electrons. The predicted molar refractivity (Wildman–Crippen MR) is 88.7 cm³/mol. The molecule has 19 heavy (non-hydrogen) atoms. The van der Waals surface area contributed by atoms with Crippen molar-refractivity contribution in [2.24, 2.45) is 0 Å². The number of halogens is 1. The van der Waals surface area contributed by atoms with Crippen molar-refractivity contribution in [3.05, 3.63) is 40.5 Å². The van der Waals surface area contributed by atoms with Gasteiger partial charge in [0.1, 0.15) is 0 Å². The van der Waals surface area contributed by atoms with Gasteiger partial charge in [-0.05, 0) is 37.8 Å². The van der Waals surface area contributed by atoms with Crippen molar-refractivity contribution in [3.8, 4) is 0 Å². The molecule has 4 heteroatoms. The maximum Gasteiger partial charge on any atom is 0.0758 e. The van der Waals surface area contributed by atoms with Gasteiger partial charge in [0, 0.05) is 33.9 Å². The molecule has 0 unspecified atom stereocenters. The zero-order valence-electron chi connectivity index (χ0n) is 11.5. The van der Waals surface area contributed by atoms with Crippen molar-refractivity contribution in [1.29, 1.82) is 0 Å². The molecule has 0 aliphatic carbocycles. The smallest absolute Gasteiger partial charge is 0.0758 e. The molecule has 2 rings (SSSR count). The molecular formula is C15H19BrN2S. The monoisotopic (exact) mass is 338 g/mol. The Bertz CT molecular complexity index is 569. The normalized spacial score (nSPS) is 12.0. The fourth-order valence-corrected chi connectivity index (χ4v) is 2.61. The molecule has 0 saturated heterocycles. The molecule has 0 aliphatic rings. The number of thioether (sulfide) groups is 1. The van der Waals surface area contributed by atoms with E-state index in [9.17, 15) is 0 Å². The van der Waals surface area contributed by atoms with Crippen molar-refractivity contribution < 1.29 is 0 Å². The molecule has 0 bridgehead atoms. The number of rotatable bonds is 5. The second-order valence-corrected chi connectivity index (χ2v) is 7.54. The minimum Gasteiger partial charge on any atom is -0.311 e. The lowest BCUT2D eigenvalue weighted by molar-refractivity contribution is 0.592. The van der Waals surface area contributed by atoms with Gasteiger partial charge in [0.15, 0.2) is 0 Å².